The third-order valence-corrected chi connectivity index (χ3v) is 7.51. The molecule has 4 heterocycles. The first kappa shape index (κ1) is 27.0. The number of carbonyl (C=O) groups excluding carboxylic acids is 1. The van der Waals surface area contributed by atoms with Gasteiger partial charge in [0.1, 0.15) is 35.2 Å². The topological polar surface area (TPSA) is 162 Å². The maximum absolute atomic E-state index is 14.4. The van der Waals surface area contributed by atoms with Crippen molar-refractivity contribution in [2.24, 2.45) is 5.41 Å². The van der Waals surface area contributed by atoms with E-state index >= 15 is 0 Å². The van der Waals surface area contributed by atoms with E-state index in [1.54, 1.807) is 39.0 Å². The van der Waals surface area contributed by atoms with Crippen molar-refractivity contribution in [3.63, 3.8) is 0 Å². The van der Waals surface area contributed by atoms with E-state index in [0.29, 0.717) is 22.2 Å². The number of hydrogen-bond donors (Lipinski definition) is 3. The molecular weight excluding hydrogens is 548 g/mol. The smallest absolute Gasteiger partial charge is 0.309 e. The molecule has 0 saturated carbocycles. The zero-order chi connectivity index (χ0) is 30.0. The van der Waals surface area contributed by atoms with Gasteiger partial charge in [0.25, 0.3) is 0 Å². The van der Waals surface area contributed by atoms with Crippen molar-refractivity contribution in [2.45, 2.75) is 39.2 Å². The summed E-state index contributed by atoms with van der Waals surface area (Å²) in [5.74, 6) is -2.30. The summed E-state index contributed by atoms with van der Waals surface area (Å²) in [6.07, 6.45) is 1.39. The van der Waals surface area contributed by atoms with Gasteiger partial charge in [-0.15, -0.1) is 0 Å². The summed E-state index contributed by atoms with van der Waals surface area (Å²) in [6, 6.07) is 10.3. The molecular formula is C29H25F2N7O4. The Hall–Kier alpha value is -5.20. The number of halogens is 2. The Morgan fingerprint density at radius 2 is 1.93 bits per heavy atom. The summed E-state index contributed by atoms with van der Waals surface area (Å²) >= 11 is 0. The first-order chi connectivity index (χ1) is 19.9. The Morgan fingerprint density at radius 1 is 1.17 bits per heavy atom. The number of anilines is 2. The molecule has 214 valence electrons. The number of fused-ring (bicyclic) bond motifs is 2. The van der Waals surface area contributed by atoms with Gasteiger partial charge in [-0.3, -0.25) is 14.3 Å². The van der Waals surface area contributed by atoms with Crippen LogP contribution >= 0.6 is 0 Å². The van der Waals surface area contributed by atoms with E-state index in [1.807, 2.05) is 0 Å². The van der Waals surface area contributed by atoms with Crippen LogP contribution < -0.4 is 11.1 Å². The summed E-state index contributed by atoms with van der Waals surface area (Å²) < 4.78 is 35.8. The third kappa shape index (κ3) is 4.24. The highest BCUT2D eigenvalue weighted by molar-refractivity contribution is 6.08. The molecule has 0 bridgehead atoms. The lowest BCUT2D eigenvalue weighted by Gasteiger charge is -2.19. The number of carboxylic acids is 1. The molecule has 0 fully saturated rings. The molecule has 1 aliphatic heterocycles. The van der Waals surface area contributed by atoms with Crippen LogP contribution in [0.3, 0.4) is 0 Å². The second-order valence-corrected chi connectivity index (χ2v) is 11.0. The Labute approximate surface area is 237 Å². The zero-order valence-corrected chi connectivity index (χ0v) is 22.8. The number of rotatable bonds is 7. The zero-order valence-electron chi connectivity index (χ0n) is 22.8. The predicted octanol–water partition coefficient (Wildman–Crippen LogP) is 4.30. The van der Waals surface area contributed by atoms with Crippen LogP contribution in [-0.4, -0.2) is 41.7 Å². The van der Waals surface area contributed by atoms with Crippen molar-refractivity contribution >= 4 is 34.4 Å². The van der Waals surface area contributed by atoms with Crippen molar-refractivity contribution in [1.82, 2.24) is 24.7 Å². The Balaban J connectivity index is 1.42. The molecule has 5 aromatic rings. The number of oxazole rings is 1. The molecule has 0 aliphatic carbocycles. The summed E-state index contributed by atoms with van der Waals surface area (Å²) in [5, 5.41) is 17.3. The molecule has 13 heteroatoms. The molecule has 0 saturated heterocycles. The van der Waals surface area contributed by atoms with Crippen LogP contribution in [0.4, 0.5) is 20.4 Å². The molecule has 2 aromatic carbocycles. The molecule has 1 amide bonds. The standard InChI is InChI=1S/C29H25F2N7O4/c1-28(2,27(40)41)11-16-13-42-26(33-16)29(3)20-22(32)34-24(35-23(20)36-25(29)39)21-17-9-8-15(30)10-19(17)38(37-21)12-14-6-4-5-7-18(14)31/h4-10,13H,11-12H2,1-3H3,(H,40,41)(H3,32,34,35,36,39)/t29-/m1/s1. The monoisotopic (exact) mass is 573 g/mol. The fourth-order valence-electron chi connectivity index (χ4n) is 5.08. The fraction of sp³-hybridized carbons (Fsp3) is 0.241. The molecule has 1 aliphatic rings. The lowest BCUT2D eigenvalue weighted by molar-refractivity contribution is -0.146. The van der Waals surface area contributed by atoms with Gasteiger partial charge in [-0.1, -0.05) is 18.2 Å². The molecule has 3 aromatic heterocycles. The quantitative estimate of drug-likeness (QED) is 0.258. The van der Waals surface area contributed by atoms with Gasteiger partial charge in [-0.05, 0) is 45.0 Å². The Morgan fingerprint density at radius 3 is 2.67 bits per heavy atom. The number of hydrogen-bond acceptors (Lipinski definition) is 8. The maximum atomic E-state index is 14.4. The summed E-state index contributed by atoms with van der Waals surface area (Å²) in [7, 11) is 0. The molecule has 11 nitrogen and oxygen atoms in total. The number of nitrogens with two attached hydrogens (primary N) is 1. The van der Waals surface area contributed by atoms with Gasteiger partial charge in [0.05, 0.1) is 28.7 Å². The predicted molar refractivity (Wildman–Crippen MR) is 147 cm³/mol. The van der Waals surface area contributed by atoms with E-state index < -0.39 is 34.3 Å². The number of amides is 1. The first-order valence-corrected chi connectivity index (χ1v) is 13.0. The average molecular weight is 574 g/mol. The molecule has 0 unspecified atom stereocenters. The molecule has 4 N–H and O–H groups in total. The van der Waals surface area contributed by atoms with Crippen LogP contribution in [-0.2, 0) is 28.0 Å². The highest BCUT2D eigenvalue weighted by atomic mass is 19.1. The van der Waals surface area contributed by atoms with E-state index in [1.165, 1.54) is 35.2 Å². The number of nitrogen functional groups attached to an aromatic ring is 1. The van der Waals surface area contributed by atoms with Crippen molar-refractivity contribution < 1.29 is 27.9 Å². The molecule has 0 radical (unpaired) electrons. The van der Waals surface area contributed by atoms with Gasteiger partial charge < -0.3 is 20.6 Å². The van der Waals surface area contributed by atoms with E-state index in [4.69, 9.17) is 10.2 Å². The molecule has 0 spiro atoms. The van der Waals surface area contributed by atoms with Crippen molar-refractivity contribution in [3.05, 3.63) is 83.1 Å². The van der Waals surface area contributed by atoms with Gasteiger partial charge in [0.15, 0.2) is 11.2 Å². The minimum Gasteiger partial charge on any atom is -0.481 e. The maximum Gasteiger partial charge on any atom is 0.309 e. The van der Waals surface area contributed by atoms with Crippen LogP contribution in [0.1, 0.15) is 43.5 Å². The third-order valence-electron chi connectivity index (χ3n) is 7.51. The van der Waals surface area contributed by atoms with Crippen LogP contribution in [0, 0.1) is 17.0 Å². The fourth-order valence-corrected chi connectivity index (χ4v) is 5.08. The van der Waals surface area contributed by atoms with Crippen LogP contribution in [0.15, 0.2) is 53.1 Å². The summed E-state index contributed by atoms with van der Waals surface area (Å²) in [6.45, 7) is 4.71. The number of aliphatic carboxylic acids is 1. The number of nitrogens with one attached hydrogen (secondary N) is 1. The second kappa shape index (κ2) is 9.43. The van der Waals surface area contributed by atoms with Gasteiger partial charge in [0, 0.05) is 17.4 Å². The molecule has 1 atom stereocenters. The second-order valence-electron chi connectivity index (χ2n) is 11.0. The lowest BCUT2D eigenvalue weighted by atomic mass is 9.84. The van der Waals surface area contributed by atoms with Gasteiger partial charge in [-0.2, -0.15) is 5.10 Å². The van der Waals surface area contributed by atoms with Gasteiger partial charge in [0.2, 0.25) is 11.8 Å². The highest BCUT2D eigenvalue weighted by Gasteiger charge is 2.51. The minimum absolute atomic E-state index is 0.00748. The number of carbonyl (C=O) groups is 2. The van der Waals surface area contributed by atoms with Crippen molar-refractivity contribution in [3.8, 4) is 11.5 Å². The van der Waals surface area contributed by atoms with Crippen LogP contribution in [0.5, 0.6) is 0 Å². The van der Waals surface area contributed by atoms with E-state index in [2.05, 4.69) is 25.4 Å². The van der Waals surface area contributed by atoms with Crippen LogP contribution in [0.2, 0.25) is 0 Å². The van der Waals surface area contributed by atoms with Crippen molar-refractivity contribution in [1.29, 1.82) is 0 Å². The van der Waals surface area contributed by atoms with Gasteiger partial charge >= 0.3 is 5.97 Å². The SMILES string of the molecule is CC(C)(Cc1coc([C@@]2(C)C(=O)Nc3nc(-c4nn(Cc5ccccc5F)c5cc(F)ccc45)nc(N)c32)n1)C(=O)O. The number of aromatic nitrogens is 5. The normalized spacial score (nSPS) is 16.5. The van der Waals surface area contributed by atoms with E-state index in [9.17, 15) is 23.5 Å². The van der Waals surface area contributed by atoms with E-state index in [-0.39, 0.29) is 47.6 Å². The first-order valence-electron chi connectivity index (χ1n) is 13.0. The molecule has 6 rings (SSSR count). The molecule has 42 heavy (non-hydrogen) atoms. The Kier molecular flexibility index (Phi) is 6.06. The Bertz CT molecular complexity index is 1920. The lowest BCUT2D eigenvalue weighted by Crippen LogP contribution is -2.33. The number of benzene rings is 2. The highest BCUT2D eigenvalue weighted by Crippen LogP contribution is 2.45. The summed E-state index contributed by atoms with van der Waals surface area (Å²) in [4.78, 5) is 38.3. The van der Waals surface area contributed by atoms with E-state index in [0.717, 1.165) is 0 Å². The van der Waals surface area contributed by atoms with Gasteiger partial charge in [-0.25, -0.2) is 23.7 Å². The number of carboxylic acid groups (broad SMARTS) is 1. The van der Waals surface area contributed by atoms with Crippen LogP contribution in [0.25, 0.3) is 22.4 Å². The minimum atomic E-state index is -1.50. The number of nitrogens with zero attached hydrogens (tertiary/aromatic N) is 5. The largest absolute Gasteiger partial charge is 0.481 e. The van der Waals surface area contributed by atoms with Crippen molar-refractivity contribution in [2.75, 3.05) is 11.1 Å². The average Bonchev–Trinajstić information content (AvgIpc) is 3.60. The summed E-state index contributed by atoms with van der Waals surface area (Å²) in [5.41, 5.74) is 5.41.